The second-order valence-electron chi connectivity index (χ2n) is 3.76. The molecule has 1 aromatic carbocycles. The first-order chi connectivity index (χ1) is 7.04. The molecular weight excluding hydrogens is 196 g/mol. The molecule has 0 heterocycles. The van der Waals surface area contributed by atoms with Gasteiger partial charge in [0.15, 0.2) is 0 Å². The Morgan fingerprint density at radius 3 is 2.60 bits per heavy atom. The van der Waals surface area contributed by atoms with E-state index in [1.54, 1.807) is 6.07 Å². The summed E-state index contributed by atoms with van der Waals surface area (Å²) >= 11 is 0. The van der Waals surface area contributed by atoms with E-state index in [4.69, 9.17) is 0 Å². The van der Waals surface area contributed by atoms with Gasteiger partial charge in [0.05, 0.1) is 5.71 Å². The van der Waals surface area contributed by atoms with Crippen molar-refractivity contribution in [3.8, 4) is 0 Å². The third kappa shape index (κ3) is 3.11. The summed E-state index contributed by atoms with van der Waals surface area (Å²) in [5, 5.41) is 0. The van der Waals surface area contributed by atoms with Gasteiger partial charge in [-0.1, -0.05) is 6.07 Å². The van der Waals surface area contributed by atoms with Crippen LogP contribution < -0.4 is 0 Å². The molecule has 0 aromatic heterocycles. The second-order valence-corrected chi connectivity index (χ2v) is 3.76. The Kier molecular flexibility index (Phi) is 3.95. The molecule has 1 aromatic rings. The van der Waals surface area contributed by atoms with Crippen LogP contribution in [0.2, 0.25) is 0 Å². The molecule has 0 atom stereocenters. The van der Waals surface area contributed by atoms with Gasteiger partial charge in [0.1, 0.15) is 12.5 Å². The molecule has 0 N–H and O–H groups in total. The maximum Gasteiger partial charge on any atom is 0.132 e. The summed E-state index contributed by atoms with van der Waals surface area (Å²) in [5.41, 5.74) is 1.72. The summed E-state index contributed by atoms with van der Waals surface area (Å²) < 4.78 is 25.8. The van der Waals surface area contributed by atoms with Crippen LogP contribution in [0, 0.1) is 12.7 Å². The first-order valence-corrected chi connectivity index (χ1v) is 4.93. The van der Waals surface area contributed by atoms with Crippen molar-refractivity contribution in [2.24, 2.45) is 4.99 Å². The minimum absolute atomic E-state index is 0.0124. The average Bonchev–Trinajstić information content (AvgIpc) is 2.18. The Morgan fingerprint density at radius 2 is 2.07 bits per heavy atom. The molecule has 15 heavy (non-hydrogen) atoms. The van der Waals surface area contributed by atoms with Crippen LogP contribution >= 0.6 is 0 Å². The fourth-order valence-corrected chi connectivity index (χ4v) is 1.39. The molecule has 0 radical (unpaired) electrons. The van der Waals surface area contributed by atoms with Crippen molar-refractivity contribution in [3.05, 3.63) is 35.1 Å². The Labute approximate surface area is 88.8 Å². The molecule has 0 aliphatic rings. The second kappa shape index (κ2) is 5.01. The molecule has 0 saturated heterocycles. The minimum atomic E-state index is -0.664. The van der Waals surface area contributed by atoms with E-state index in [1.807, 2.05) is 20.8 Å². The minimum Gasteiger partial charge on any atom is -0.284 e. The Bertz CT molecular complexity index is 370. The summed E-state index contributed by atoms with van der Waals surface area (Å²) in [6.07, 6.45) is 0. The fourth-order valence-electron chi connectivity index (χ4n) is 1.39. The summed E-state index contributed by atoms with van der Waals surface area (Å²) in [6.45, 7) is 4.89. The molecule has 0 saturated carbocycles. The summed E-state index contributed by atoms with van der Waals surface area (Å²) in [7, 11) is 0. The Balaban J connectivity index is 3.17. The average molecular weight is 211 g/mol. The van der Waals surface area contributed by atoms with Crippen LogP contribution in [0.3, 0.4) is 0 Å². The van der Waals surface area contributed by atoms with Crippen molar-refractivity contribution in [2.45, 2.75) is 26.8 Å². The molecule has 0 aliphatic heterocycles. The summed E-state index contributed by atoms with van der Waals surface area (Å²) in [5.74, 6) is -0.361. The van der Waals surface area contributed by atoms with E-state index in [0.29, 0.717) is 11.3 Å². The lowest BCUT2D eigenvalue weighted by molar-refractivity contribution is 0.578. The number of benzene rings is 1. The zero-order chi connectivity index (χ0) is 11.4. The third-order valence-corrected chi connectivity index (χ3v) is 2.05. The maximum absolute atomic E-state index is 13.0. The molecule has 0 bridgehead atoms. The molecule has 3 heteroatoms. The van der Waals surface area contributed by atoms with E-state index in [9.17, 15) is 8.78 Å². The topological polar surface area (TPSA) is 12.4 Å². The highest BCUT2D eigenvalue weighted by Crippen LogP contribution is 2.12. The molecule has 0 unspecified atom stereocenters. The quantitative estimate of drug-likeness (QED) is 0.680. The highest BCUT2D eigenvalue weighted by atomic mass is 19.1. The third-order valence-electron chi connectivity index (χ3n) is 2.05. The van der Waals surface area contributed by atoms with Gasteiger partial charge in [-0.05, 0) is 38.5 Å². The first-order valence-electron chi connectivity index (χ1n) is 4.93. The number of halogens is 2. The molecule has 82 valence electrons. The zero-order valence-electron chi connectivity index (χ0n) is 9.22. The summed E-state index contributed by atoms with van der Waals surface area (Å²) in [4.78, 5) is 4.14. The number of hydrogen-bond donors (Lipinski definition) is 0. The molecule has 0 aliphatic carbocycles. The Morgan fingerprint density at radius 1 is 1.40 bits per heavy atom. The van der Waals surface area contributed by atoms with Gasteiger partial charge in [0, 0.05) is 11.6 Å². The smallest absolute Gasteiger partial charge is 0.132 e. The first kappa shape index (κ1) is 11.8. The largest absolute Gasteiger partial charge is 0.284 e. The Hall–Kier alpha value is -1.25. The maximum atomic E-state index is 13.0. The predicted molar refractivity (Wildman–Crippen MR) is 58.8 cm³/mol. The number of aliphatic imine (C=N–C) groups is 1. The van der Waals surface area contributed by atoms with Crippen LogP contribution in [0.25, 0.3) is 0 Å². The number of aryl methyl sites for hydroxylation is 1. The van der Waals surface area contributed by atoms with Crippen molar-refractivity contribution in [3.63, 3.8) is 0 Å². The van der Waals surface area contributed by atoms with Crippen molar-refractivity contribution in [1.29, 1.82) is 0 Å². The normalized spacial score (nSPS) is 12.3. The van der Waals surface area contributed by atoms with Gasteiger partial charge in [-0.15, -0.1) is 0 Å². The van der Waals surface area contributed by atoms with Crippen molar-refractivity contribution in [1.82, 2.24) is 0 Å². The van der Waals surface area contributed by atoms with E-state index >= 15 is 0 Å². The van der Waals surface area contributed by atoms with Crippen molar-refractivity contribution >= 4 is 5.71 Å². The van der Waals surface area contributed by atoms with Gasteiger partial charge in [0.2, 0.25) is 0 Å². The highest BCUT2D eigenvalue weighted by Gasteiger charge is 2.08. The summed E-state index contributed by atoms with van der Waals surface area (Å²) in [6, 6.07) is 4.34. The molecule has 1 rings (SSSR count). The van der Waals surface area contributed by atoms with E-state index in [1.165, 1.54) is 12.1 Å². The van der Waals surface area contributed by atoms with Crippen LogP contribution in [-0.4, -0.2) is 18.4 Å². The lowest BCUT2D eigenvalue weighted by atomic mass is 10.0. The monoisotopic (exact) mass is 211 g/mol. The predicted octanol–water partition coefficient (Wildman–Crippen LogP) is 3.30. The van der Waals surface area contributed by atoms with Crippen molar-refractivity contribution < 1.29 is 8.78 Å². The van der Waals surface area contributed by atoms with Crippen LogP contribution in [0.4, 0.5) is 8.78 Å². The van der Waals surface area contributed by atoms with Gasteiger partial charge in [0.25, 0.3) is 0 Å². The van der Waals surface area contributed by atoms with Crippen LogP contribution in [-0.2, 0) is 0 Å². The SMILES string of the molecule is Cc1ccc(F)cc1C(CF)=NC(C)C. The molecule has 1 nitrogen and oxygen atoms in total. The standard InChI is InChI=1S/C12H15F2N/c1-8(2)15-12(7-13)11-6-10(14)5-4-9(11)3/h4-6,8H,7H2,1-3H3. The zero-order valence-corrected chi connectivity index (χ0v) is 9.22. The van der Waals surface area contributed by atoms with Crippen LogP contribution in [0.5, 0.6) is 0 Å². The van der Waals surface area contributed by atoms with Gasteiger partial charge in [-0.3, -0.25) is 4.99 Å². The number of nitrogens with zero attached hydrogens (tertiary/aromatic N) is 1. The van der Waals surface area contributed by atoms with Gasteiger partial charge in [-0.25, -0.2) is 8.78 Å². The fraction of sp³-hybridized carbons (Fsp3) is 0.417. The van der Waals surface area contributed by atoms with Gasteiger partial charge >= 0.3 is 0 Å². The molecular formula is C12H15F2N. The van der Waals surface area contributed by atoms with Crippen molar-refractivity contribution in [2.75, 3.05) is 6.67 Å². The lowest BCUT2D eigenvalue weighted by Gasteiger charge is -2.08. The number of rotatable bonds is 3. The van der Waals surface area contributed by atoms with E-state index < -0.39 is 6.67 Å². The van der Waals surface area contributed by atoms with E-state index in [2.05, 4.69) is 4.99 Å². The lowest BCUT2D eigenvalue weighted by Crippen LogP contribution is -2.09. The van der Waals surface area contributed by atoms with Gasteiger partial charge in [-0.2, -0.15) is 0 Å². The number of hydrogen-bond acceptors (Lipinski definition) is 1. The molecule has 0 amide bonds. The van der Waals surface area contributed by atoms with Gasteiger partial charge < -0.3 is 0 Å². The van der Waals surface area contributed by atoms with E-state index in [-0.39, 0.29) is 11.9 Å². The number of alkyl halides is 1. The van der Waals surface area contributed by atoms with Crippen LogP contribution in [0.1, 0.15) is 25.0 Å². The highest BCUT2D eigenvalue weighted by molar-refractivity contribution is 6.02. The molecule has 0 fully saturated rings. The van der Waals surface area contributed by atoms with Crippen LogP contribution in [0.15, 0.2) is 23.2 Å². The van der Waals surface area contributed by atoms with E-state index in [0.717, 1.165) is 5.56 Å². The molecule has 0 spiro atoms.